The first-order valence-electron chi connectivity index (χ1n) is 7.14. The molecular weight excluding hydrogens is 370 g/mol. The van der Waals surface area contributed by atoms with Gasteiger partial charge in [0.05, 0.1) is 15.5 Å². The van der Waals surface area contributed by atoms with Crippen molar-refractivity contribution < 1.29 is 19.2 Å². The van der Waals surface area contributed by atoms with Gasteiger partial charge in [-0.05, 0) is 31.4 Å². The topological polar surface area (TPSA) is 122 Å². The molecule has 1 aromatic rings. The molecule has 1 rings (SSSR count). The van der Waals surface area contributed by atoms with Crippen LogP contribution in [-0.4, -0.2) is 41.0 Å². The molecule has 2 atom stereocenters. The molecule has 1 aromatic carbocycles. The van der Waals surface area contributed by atoms with E-state index in [1.54, 1.807) is 6.07 Å². The Labute approximate surface area is 153 Å². The van der Waals surface area contributed by atoms with Crippen LogP contribution >= 0.6 is 23.4 Å². The molecule has 0 saturated carbocycles. The number of rotatable bonds is 8. The van der Waals surface area contributed by atoms with E-state index in [0.29, 0.717) is 12.2 Å². The van der Waals surface area contributed by atoms with E-state index in [1.807, 2.05) is 6.26 Å². The van der Waals surface area contributed by atoms with E-state index in [9.17, 15) is 19.7 Å². The van der Waals surface area contributed by atoms with Gasteiger partial charge in [-0.25, -0.2) is 4.79 Å². The van der Waals surface area contributed by atoms with E-state index in [-0.39, 0.29) is 16.3 Å². The number of ether oxygens (including phenoxy) is 1. The molecule has 10 heteroatoms. The van der Waals surface area contributed by atoms with Crippen LogP contribution in [0.4, 0.5) is 5.69 Å². The van der Waals surface area contributed by atoms with E-state index in [4.69, 9.17) is 21.6 Å². The zero-order valence-electron chi connectivity index (χ0n) is 13.5. The lowest BCUT2D eigenvalue weighted by molar-refractivity contribution is -0.384. The highest BCUT2D eigenvalue weighted by molar-refractivity contribution is 7.98. The Hall–Kier alpha value is -2.31. The van der Waals surface area contributed by atoms with Gasteiger partial charge >= 0.3 is 5.97 Å². The highest BCUT2D eigenvalue weighted by Gasteiger charge is 2.25. The summed E-state index contributed by atoms with van der Waals surface area (Å²) in [5.74, 6) is -0.809. The zero-order valence-corrected chi connectivity index (χ0v) is 15.1. The van der Waals surface area contributed by atoms with E-state index < -0.39 is 28.9 Å². The van der Waals surface area contributed by atoms with Crippen LogP contribution in [0.1, 0.15) is 23.7 Å². The summed E-state index contributed by atoms with van der Waals surface area (Å²) >= 11 is 7.39. The van der Waals surface area contributed by atoms with Crippen LogP contribution in [0.15, 0.2) is 18.2 Å². The van der Waals surface area contributed by atoms with Crippen molar-refractivity contribution in [2.75, 3.05) is 12.0 Å². The van der Waals surface area contributed by atoms with Crippen molar-refractivity contribution in [2.45, 2.75) is 25.5 Å². The first-order chi connectivity index (χ1) is 11.8. The second-order valence-corrected chi connectivity index (χ2v) is 6.33. The lowest BCUT2D eigenvalue weighted by atomic mass is 10.1. The van der Waals surface area contributed by atoms with Crippen molar-refractivity contribution in [1.82, 2.24) is 5.32 Å². The summed E-state index contributed by atoms with van der Waals surface area (Å²) in [6.07, 6.45) is 1.20. The standard InChI is InChI=1S/C15H16ClN3O5S/c1-9(8-17)24-15(21)13(5-6-25-2)18-14(20)11-4-3-10(19(22)23)7-12(11)16/h3-4,7,9,13H,5-6H2,1-2H3,(H,18,20)/t9-,13-/m1/s1. The normalized spacial score (nSPS) is 12.6. The molecule has 0 aliphatic heterocycles. The number of nitro benzene ring substituents is 1. The molecule has 1 N–H and O–H groups in total. The predicted octanol–water partition coefficient (Wildman–Crippen LogP) is 2.55. The Balaban J connectivity index is 2.92. The molecule has 0 radical (unpaired) electrons. The van der Waals surface area contributed by atoms with Crippen molar-refractivity contribution in [3.63, 3.8) is 0 Å². The Morgan fingerprint density at radius 2 is 2.20 bits per heavy atom. The largest absolute Gasteiger partial charge is 0.446 e. The van der Waals surface area contributed by atoms with Gasteiger partial charge < -0.3 is 10.1 Å². The molecule has 0 unspecified atom stereocenters. The molecule has 25 heavy (non-hydrogen) atoms. The Kier molecular flexibility index (Phi) is 8.18. The molecule has 0 aliphatic rings. The Bertz CT molecular complexity index is 707. The van der Waals surface area contributed by atoms with Crippen molar-refractivity contribution in [1.29, 1.82) is 5.26 Å². The first-order valence-corrected chi connectivity index (χ1v) is 8.91. The molecule has 0 aliphatic carbocycles. The average molecular weight is 386 g/mol. The molecule has 0 heterocycles. The molecule has 0 spiro atoms. The van der Waals surface area contributed by atoms with Gasteiger partial charge in [0.15, 0.2) is 6.10 Å². The lowest BCUT2D eigenvalue weighted by Gasteiger charge is -2.18. The fourth-order valence-corrected chi connectivity index (χ4v) is 2.54. The van der Waals surface area contributed by atoms with Crippen LogP contribution in [-0.2, 0) is 9.53 Å². The molecule has 134 valence electrons. The van der Waals surface area contributed by atoms with Gasteiger partial charge in [-0.1, -0.05) is 11.6 Å². The second kappa shape index (κ2) is 9.86. The third-order valence-corrected chi connectivity index (χ3v) is 4.04. The van der Waals surface area contributed by atoms with Gasteiger partial charge in [0.1, 0.15) is 12.1 Å². The number of benzene rings is 1. The van der Waals surface area contributed by atoms with Crippen LogP contribution in [0.25, 0.3) is 0 Å². The van der Waals surface area contributed by atoms with Crippen molar-refractivity contribution >= 4 is 40.9 Å². The molecule has 0 saturated heterocycles. The maximum atomic E-state index is 12.3. The number of carbonyl (C=O) groups excluding carboxylic acids is 2. The summed E-state index contributed by atoms with van der Waals surface area (Å²) in [5, 5.41) is 21.8. The van der Waals surface area contributed by atoms with E-state index in [0.717, 1.165) is 12.1 Å². The first kappa shape index (κ1) is 20.7. The highest BCUT2D eigenvalue weighted by atomic mass is 35.5. The highest BCUT2D eigenvalue weighted by Crippen LogP contribution is 2.22. The van der Waals surface area contributed by atoms with Gasteiger partial charge in [-0.3, -0.25) is 14.9 Å². The summed E-state index contributed by atoms with van der Waals surface area (Å²) in [6, 6.07) is 4.23. The number of non-ortho nitro benzene ring substituents is 1. The molecule has 0 aromatic heterocycles. The monoisotopic (exact) mass is 385 g/mol. The van der Waals surface area contributed by atoms with Gasteiger partial charge in [0, 0.05) is 12.1 Å². The van der Waals surface area contributed by atoms with Gasteiger partial charge in [0.2, 0.25) is 0 Å². The fraction of sp³-hybridized carbons (Fsp3) is 0.400. The maximum absolute atomic E-state index is 12.3. The van der Waals surface area contributed by atoms with Crippen LogP contribution in [0.2, 0.25) is 5.02 Å². The summed E-state index contributed by atoms with van der Waals surface area (Å²) in [5.41, 5.74) is -0.245. The minimum atomic E-state index is -0.956. The number of halogens is 1. The van der Waals surface area contributed by atoms with Crippen molar-refractivity contribution in [2.24, 2.45) is 0 Å². The zero-order chi connectivity index (χ0) is 19.0. The molecule has 1 amide bonds. The van der Waals surface area contributed by atoms with E-state index in [2.05, 4.69) is 5.32 Å². The van der Waals surface area contributed by atoms with E-state index in [1.165, 1.54) is 24.8 Å². The quantitative estimate of drug-likeness (QED) is 0.414. The average Bonchev–Trinajstić information content (AvgIpc) is 2.57. The third-order valence-electron chi connectivity index (χ3n) is 3.08. The third kappa shape index (κ3) is 6.25. The lowest BCUT2D eigenvalue weighted by Crippen LogP contribution is -2.43. The summed E-state index contributed by atoms with van der Waals surface area (Å²) in [6.45, 7) is 1.42. The number of nitriles is 1. The number of thioether (sulfide) groups is 1. The van der Waals surface area contributed by atoms with Crippen molar-refractivity contribution in [3.05, 3.63) is 38.9 Å². The number of amides is 1. The van der Waals surface area contributed by atoms with E-state index >= 15 is 0 Å². The SMILES string of the molecule is CSCC[C@@H](NC(=O)c1ccc([N+](=O)[O-])cc1Cl)C(=O)O[C@H](C)C#N. The van der Waals surface area contributed by atoms with Crippen LogP contribution in [0.3, 0.4) is 0 Å². The number of nitrogens with one attached hydrogen (secondary N) is 1. The van der Waals surface area contributed by atoms with Gasteiger partial charge in [-0.15, -0.1) is 0 Å². The van der Waals surface area contributed by atoms with Gasteiger partial charge in [0.25, 0.3) is 11.6 Å². The Morgan fingerprint density at radius 1 is 1.52 bits per heavy atom. The minimum absolute atomic E-state index is 0.00236. The molecule has 8 nitrogen and oxygen atoms in total. The number of carbonyl (C=O) groups is 2. The number of hydrogen-bond acceptors (Lipinski definition) is 7. The van der Waals surface area contributed by atoms with Crippen LogP contribution in [0, 0.1) is 21.4 Å². The maximum Gasteiger partial charge on any atom is 0.329 e. The number of esters is 1. The number of nitro groups is 1. The van der Waals surface area contributed by atoms with Gasteiger partial charge in [-0.2, -0.15) is 17.0 Å². The summed E-state index contributed by atoms with van der Waals surface area (Å²) in [4.78, 5) is 34.5. The second-order valence-electron chi connectivity index (χ2n) is 4.94. The predicted molar refractivity (Wildman–Crippen MR) is 93.5 cm³/mol. The number of hydrogen-bond donors (Lipinski definition) is 1. The fourth-order valence-electron chi connectivity index (χ4n) is 1.81. The minimum Gasteiger partial charge on any atom is -0.446 e. The van der Waals surface area contributed by atoms with Crippen molar-refractivity contribution in [3.8, 4) is 6.07 Å². The molecular formula is C15H16ClN3O5S. The van der Waals surface area contributed by atoms with Crippen LogP contribution in [0.5, 0.6) is 0 Å². The molecule has 0 bridgehead atoms. The summed E-state index contributed by atoms with van der Waals surface area (Å²) < 4.78 is 4.93. The number of nitrogens with zero attached hydrogens (tertiary/aromatic N) is 2. The summed E-state index contributed by atoms with van der Waals surface area (Å²) in [7, 11) is 0. The Morgan fingerprint density at radius 3 is 2.72 bits per heavy atom. The van der Waals surface area contributed by atoms with Crippen LogP contribution < -0.4 is 5.32 Å². The smallest absolute Gasteiger partial charge is 0.329 e. The molecule has 0 fully saturated rings.